The van der Waals surface area contributed by atoms with E-state index in [9.17, 15) is 9.59 Å². The second kappa shape index (κ2) is 11.2. The van der Waals surface area contributed by atoms with Crippen LogP contribution in [0.5, 0.6) is 17.2 Å². The van der Waals surface area contributed by atoms with Crippen molar-refractivity contribution in [1.29, 1.82) is 0 Å². The second-order valence-corrected chi connectivity index (χ2v) is 7.31. The summed E-state index contributed by atoms with van der Waals surface area (Å²) in [5.41, 5.74) is 1.83. The zero-order valence-corrected chi connectivity index (χ0v) is 18.6. The zero-order chi connectivity index (χ0) is 22.9. The molecular formula is C25H23ClO6. The lowest BCUT2D eigenvalue weighted by Crippen LogP contribution is -2.20. The third-order valence-electron chi connectivity index (χ3n) is 4.43. The fourth-order valence-electron chi connectivity index (χ4n) is 2.90. The van der Waals surface area contributed by atoms with Crippen LogP contribution in [0.4, 0.5) is 0 Å². The monoisotopic (exact) mass is 454 g/mol. The van der Waals surface area contributed by atoms with Gasteiger partial charge in [0.05, 0.1) is 0 Å². The first-order valence-electron chi connectivity index (χ1n) is 9.98. The van der Waals surface area contributed by atoms with Crippen molar-refractivity contribution >= 4 is 23.5 Å². The molecule has 3 aromatic rings. The van der Waals surface area contributed by atoms with E-state index in [4.69, 9.17) is 30.5 Å². The quantitative estimate of drug-likeness (QED) is 0.252. The summed E-state index contributed by atoms with van der Waals surface area (Å²) in [5.74, 6) is 0.0211. The summed E-state index contributed by atoms with van der Waals surface area (Å²) in [4.78, 5) is 24.7. The van der Waals surface area contributed by atoms with Gasteiger partial charge in [-0.1, -0.05) is 41.9 Å². The molecule has 0 aliphatic rings. The van der Waals surface area contributed by atoms with Crippen LogP contribution in [-0.4, -0.2) is 31.8 Å². The minimum atomic E-state index is -0.650. The number of esters is 2. The van der Waals surface area contributed by atoms with Gasteiger partial charge in [0.2, 0.25) is 0 Å². The molecule has 32 heavy (non-hydrogen) atoms. The van der Waals surface area contributed by atoms with Gasteiger partial charge in [-0.15, -0.1) is 0 Å². The number of carbonyl (C=O) groups excluding carboxylic acids is 2. The average Bonchev–Trinajstić information content (AvgIpc) is 2.79. The van der Waals surface area contributed by atoms with Crippen LogP contribution in [-0.2, 0) is 9.53 Å². The molecule has 0 aliphatic carbocycles. The first kappa shape index (κ1) is 23.2. The summed E-state index contributed by atoms with van der Waals surface area (Å²) < 4.78 is 21.6. The molecule has 7 heteroatoms. The molecule has 166 valence electrons. The number of hydrogen-bond donors (Lipinski definition) is 0. The van der Waals surface area contributed by atoms with E-state index >= 15 is 0 Å². The number of benzene rings is 3. The number of rotatable bonds is 9. The minimum absolute atomic E-state index is 0.0500. The van der Waals surface area contributed by atoms with Crippen LogP contribution in [0.3, 0.4) is 0 Å². The molecule has 6 nitrogen and oxygen atoms in total. The Hall–Kier alpha value is -3.51. The first-order valence-corrected chi connectivity index (χ1v) is 10.4. The maximum absolute atomic E-state index is 12.4. The molecule has 0 unspecified atom stereocenters. The summed E-state index contributed by atoms with van der Waals surface area (Å²) in [5, 5.41) is 0.654. The molecule has 0 fully saturated rings. The van der Waals surface area contributed by atoms with E-state index in [1.165, 1.54) is 12.1 Å². The van der Waals surface area contributed by atoms with Crippen LogP contribution in [0.2, 0.25) is 5.02 Å². The topological polar surface area (TPSA) is 71.1 Å². The van der Waals surface area contributed by atoms with Crippen molar-refractivity contribution in [3.8, 4) is 17.2 Å². The number of ether oxygens (including phenoxy) is 4. The predicted molar refractivity (Wildman–Crippen MR) is 121 cm³/mol. The molecule has 0 heterocycles. The lowest BCUT2D eigenvalue weighted by molar-refractivity contribution is -0.136. The third kappa shape index (κ3) is 6.49. The van der Waals surface area contributed by atoms with Crippen molar-refractivity contribution in [1.82, 2.24) is 0 Å². The number of para-hydroxylation sites is 2. The van der Waals surface area contributed by atoms with Crippen molar-refractivity contribution in [2.24, 2.45) is 0 Å². The SMILES string of the molecule is Cc1cc(OCC(=O)Oc2ccccc2C(=O)OCCOc2ccccc2)cc(C)c1Cl. The van der Waals surface area contributed by atoms with Crippen molar-refractivity contribution < 1.29 is 28.5 Å². The smallest absolute Gasteiger partial charge is 0.349 e. The molecule has 3 aromatic carbocycles. The van der Waals surface area contributed by atoms with E-state index in [2.05, 4.69) is 0 Å². The van der Waals surface area contributed by atoms with E-state index in [0.29, 0.717) is 16.5 Å². The van der Waals surface area contributed by atoms with Crippen LogP contribution < -0.4 is 14.2 Å². The summed E-state index contributed by atoms with van der Waals surface area (Å²) >= 11 is 6.14. The van der Waals surface area contributed by atoms with Crippen LogP contribution >= 0.6 is 11.6 Å². The number of hydrogen-bond acceptors (Lipinski definition) is 6. The van der Waals surface area contributed by atoms with Gasteiger partial charge < -0.3 is 18.9 Å². The number of carbonyl (C=O) groups is 2. The van der Waals surface area contributed by atoms with E-state index in [-0.39, 0.29) is 31.1 Å². The maximum Gasteiger partial charge on any atom is 0.349 e. The van der Waals surface area contributed by atoms with Crippen molar-refractivity contribution in [3.63, 3.8) is 0 Å². The highest BCUT2D eigenvalue weighted by molar-refractivity contribution is 6.32. The minimum Gasteiger partial charge on any atom is -0.490 e. The normalized spacial score (nSPS) is 10.3. The van der Waals surface area contributed by atoms with E-state index in [1.54, 1.807) is 24.3 Å². The van der Waals surface area contributed by atoms with Gasteiger partial charge in [-0.3, -0.25) is 0 Å². The van der Waals surface area contributed by atoms with Gasteiger partial charge in [-0.25, -0.2) is 9.59 Å². The summed E-state index contributed by atoms with van der Waals surface area (Å²) in [7, 11) is 0. The van der Waals surface area contributed by atoms with Crippen molar-refractivity contribution in [2.75, 3.05) is 19.8 Å². The molecule has 0 aromatic heterocycles. The van der Waals surface area contributed by atoms with Crippen molar-refractivity contribution in [2.45, 2.75) is 13.8 Å². The molecule has 0 N–H and O–H groups in total. The molecule has 0 saturated carbocycles. The highest BCUT2D eigenvalue weighted by Crippen LogP contribution is 2.26. The molecule has 0 amide bonds. The zero-order valence-electron chi connectivity index (χ0n) is 17.8. The Bertz CT molecular complexity index is 1060. The molecule has 0 atom stereocenters. The molecule has 0 aliphatic heterocycles. The fourth-order valence-corrected chi connectivity index (χ4v) is 3.01. The van der Waals surface area contributed by atoms with Crippen LogP contribution in [0.15, 0.2) is 66.7 Å². The van der Waals surface area contributed by atoms with Crippen LogP contribution in [0, 0.1) is 13.8 Å². The number of halogens is 1. The maximum atomic E-state index is 12.4. The molecule has 0 bridgehead atoms. The van der Waals surface area contributed by atoms with E-state index in [0.717, 1.165) is 11.1 Å². The van der Waals surface area contributed by atoms with Crippen molar-refractivity contribution in [3.05, 3.63) is 88.4 Å². The van der Waals surface area contributed by atoms with Gasteiger partial charge in [-0.2, -0.15) is 0 Å². The lowest BCUT2D eigenvalue weighted by atomic mass is 10.1. The summed E-state index contributed by atoms with van der Waals surface area (Å²) in [6.07, 6.45) is 0. The van der Waals surface area contributed by atoms with E-state index < -0.39 is 11.9 Å². The Morgan fingerprint density at radius 2 is 1.47 bits per heavy atom. The molecule has 3 rings (SSSR count). The van der Waals surface area contributed by atoms with Gasteiger partial charge in [0, 0.05) is 5.02 Å². The highest BCUT2D eigenvalue weighted by atomic mass is 35.5. The average molecular weight is 455 g/mol. The first-order chi connectivity index (χ1) is 15.4. The van der Waals surface area contributed by atoms with Gasteiger partial charge in [-0.05, 0) is 61.4 Å². The van der Waals surface area contributed by atoms with Gasteiger partial charge in [0.25, 0.3) is 0 Å². The Labute approximate surface area is 191 Å². The predicted octanol–water partition coefficient (Wildman–Crippen LogP) is 5.18. The standard InChI is InChI=1S/C25H23ClO6/c1-17-14-20(15-18(2)24(17)26)31-16-23(27)32-22-11-7-6-10-21(22)25(28)30-13-12-29-19-8-4-3-5-9-19/h3-11,14-15H,12-13,16H2,1-2H3. The fraction of sp³-hybridized carbons (Fsp3) is 0.200. The third-order valence-corrected chi connectivity index (χ3v) is 5.02. The second-order valence-electron chi connectivity index (χ2n) is 6.93. The number of aryl methyl sites for hydroxylation is 2. The van der Waals surface area contributed by atoms with Crippen LogP contribution in [0.1, 0.15) is 21.5 Å². The largest absolute Gasteiger partial charge is 0.490 e. The lowest BCUT2D eigenvalue weighted by Gasteiger charge is -2.12. The Kier molecular flexibility index (Phi) is 8.11. The summed E-state index contributed by atoms with van der Waals surface area (Å²) in [6, 6.07) is 19.0. The highest BCUT2D eigenvalue weighted by Gasteiger charge is 2.17. The van der Waals surface area contributed by atoms with E-state index in [1.807, 2.05) is 44.2 Å². The van der Waals surface area contributed by atoms with Crippen LogP contribution in [0.25, 0.3) is 0 Å². The molecular weight excluding hydrogens is 432 g/mol. The molecule has 0 spiro atoms. The Balaban J connectivity index is 1.52. The molecule has 0 saturated heterocycles. The molecule has 0 radical (unpaired) electrons. The van der Waals surface area contributed by atoms with Gasteiger partial charge >= 0.3 is 11.9 Å². The summed E-state index contributed by atoms with van der Waals surface area (Å²) in [6.45, 7) is 3.63. The van der Waals surface area contributed by atoms with Gasteiger partial charge in [0.1, 0.15) is 36.0 Å². The Morgan fingerprint density at radius 1 is 0.812 bits per heavy atom. The van der Waals surface area contributed by atoms with Gasteiger partial charge in [0.15, 0.2) is 6.61 Å². The Morgan fingerprint density at radius 3 is 2.19 bits per heavy atom.